The predicted octanol–water partition coefficient (Wildman–Crippen LogP) is 4.53. The van der Waals surface area contributed by atoms with Crippen LogP contribution in [0.2, 0.25) is 0 Å². The highest BCUT2D eigenvalue weighted by Gasteiger charge is 2.32. The Hall–Kier alpha value is -3.84. The molecular weight excluding hydrogens is 504 g/mol. The zero-order valence-electron chi connectivity index (χ0n) is 18.9. The Morgan fingerprint density at radius 2 is 1.83 bits per heavy atom. The van der Waals surface area contributed by atoms with Gasteiger partial charge in [-0.05, 0) is 55.5 Å². The molecule has 0 aliphatic carbocycles. The number of pyridine rings is 1. The van der Waals surface area contributed by atoms with Gasteiger partial charge in [-0.15, -0.1) is 0 Å². The summed E-state index contributed by atoms with van der Waals surface area (Å²) < 4.78 is 75.1. The standard InChI is InChI=1S/C23H20F4N4O4S/c1-13-18(8-9-20(24)29-13)35-19-10-14(23(25,26)27)6-7-17(19)22(33)30-15-4-3-5-16(11-15)36(2,34)31-21(32)12-28/h3-11H,12,28H2,1-2H3,(H,30,33)/t36-/m1/s1. The van der Waals surface area contributed by atoms with E-state index in [9.17, 15) is 31.4 Å². The number of carbonyl (C=O) groups excluding carboxylic acids is 2. The van der Waals surface area contributed by atoms with E-state index in [1.165, 1.54) is 43.5 Å². The molecule has 2 amide bonds. The molecule has 0 fully saturated rings. The van der Waals surface area contributed by atoms with E-state index >= 15 is 0 Å². The summed E-state index contributed by atoms with van der Waals surface area (Å²) in [5.41, 5.74) is 4.06. The van der Waals surface area contributed by atoms with Crippen molar-refractivity contribution < 1.29 is 36.1 Å². The Kier molecular flexibility index (Phi) is 7.74. The molecule has 0 unspecified atom stereocenters. The van der Waals surface area contributed by atoms with Crippen molar-refractivity contribution in [2.45, 2.75) is 18.0 Å². The second kappa shape index (κ2) is 10.4. The van der Waals surface area contributed by atoms with Crippen molar-refractivity contribution in [2.75, 3.05) is 18.1 Å². The molecule has 3 aromatic rings. The van der Waals surface area contributed by atoms with Crippen LogP contribution in [0.25, 0.3) is 0 Å². The van der Waals surface area contributed by atoms with E-state index < -0.39 is 51.5 Å². The molecule has 13 heteroatoms. The zero-order chi connectivity index (χ0) is 26.7. The van der Waals surface area contributed by atoms with Gasteiger partial charge in [0.2, 0.25) is 5.95 Å². The minimum atomic E-state index is -4.72. The van der Waals surface area contributed by atoms with Gasteiger partial charge < -0.3 is 15.8 Å². The summed E-state index contributed by atoms with van der Waals surface area (Å²) in [4.78, 5) is 28.2. The maximum Gasteiger partial charge on any atom is 0.416 e. The summed E-state index contributed by atoms with van der Waals surface area (Å²) in [6.07, 6.45) is -3.49. The number of benzene rings is 2. The summed E-state index contributed by atoms with van der Waals surface area (Å²) in [6.45, 7) is 0.959. The Labute approximate surface area is 203 Å². The van der Waals surface area contributed by atoms with Crippen LogP contribution in [-0.4, -0.2) is 33.8 Å². The second-order valence-corrected chi connectivity index (χ2v) is 9.76. The number of nitrogens with one attached hydrogen (secondary N) is 1. The quantitative estimate of drug-likeness (QED) is 0.361. The van der Waals surface area contributed by atoms with Crippen LogP contribution in [0.5, 0.6) is 11.5 Å². The SMILES string of the molecule is Cc1nc(F)ccc1Oc1cc(C(F)(F)F)ccc1C(=O)Nc1cccc([S@@](C)(=O)=NC(=O)CN)c1. The number of nitrogens with zero attached hydrogens (tertiary/aromatic N) is 2. The van der Waals surface area contributed by atoms with E-state index in [0.29, 0.717) is 12.1 Å². The summed E-state index contributed by atoms with van der Waals surface area (Å²) in [5, 5.41) is 2.49. The number of anilines is 1. The number of halogens is 4. The third-order valence-corrected chi connectivity index (χ3v) is 6.44. The van der Waals surface area contributed by atoms with Gasteiger partial charge in [-0.1, -0.05) is 6.07 Å². The highest BCUT2D eigenvalue weighted by atomic mass is 32.2. The molecule has 0 radical (unpaired) electrons. The molecule has 2 aromatic carbocycles. The third-order valence-electron chi connectivity index (χ3n) is 4.76. The first-order chi connectivity index (χ1) is 16.8. The van der Waals surface area contributed by atoms with E-state index in [1.807, 2.05) is 0 Å². The van der Waals surface area contributed by atoms with E-state index in [4.69, 9.17) is 10.5 Å². The molecule has 3 N–H and O–H groups in total. The molecule has 0 spiro atoms. The molecule has 1 atom stereocenters. The highest BCUT2D eigenvalue weighted by molar-refractivity contribution is 7.93. The number of hydrogen-bond acceptors (Lipinski definition) is 6. The Morgan fingerprint density at radius 3 is 2.47 bits per heavy atom. The first-order valence-corrected chi connectivity index (χ1v) is 12.1. The van der Waals surface area contributed by atoms with E-state index in [-0.39, 0.29) is 27.6 Å². The Morgan fingerprint density at radius 1 is 1.11 bits per heavy atom. The summed E-state index contributed by atoms with van der Waals surface area (Å²) >= 11 is 0. The number of amides is 2. The average Bonchev–Trinajstić information content (AvgIpc) is 2.80. The van der Waals surface area contributed by atoms with E-state index in [2.05, 4.69) is 14.7 Å². The lowest BCUT2D eigenvalue weighted by Crippen LogP contribution is -2.15. The number of nitrogens with two attached hydrogens (primary N) is 1. The molecule has 190 valence electrons. The van der Waals surface area contributed by atoms with Crippen molar-refractivity contribution in [2.24, 2.45) is 10.1 Å². The summed E-state index contributed by atoms with van der Waals surface area (Å²) in [5.74, 6) is -2.93. The molecule has 0 aliphatic rings. The molecule has 1 heterocycles. The van der Waals surface area contributed by atoms with Crippen molar-refractivity contribution in [1.82, 2.24) is 4.98 Å². The van der Waals surface area contributed by atoms with Crippen LogP contribution in [0.3, 0.4) is 0 Å². The van der Waals surface area contributed by atoms with Crippen LogP contribution in [-0.2, 0) is 20.7 Å². The molecule has 0 aliphatic heterocycles. The van der Waals surface area contributed by atoms with E-state index in [0.717, 1.165) is 12.1 Å². The number of hydrogen-bond donors (Lipinski definition) is 2. The third kappa shape index (κ3) is 6.43. The molecule has 0 saturated heterocycles. The minimum Gasteiger partial charge on any atom is -0.455 e. The fraction of sp³-hybridized carbons (Fsp3) is 0.174. The van der Waals surface area contributed by atoms with Gasteiger partial charge in [-0.2, -0.15) is 21.9 Å². The normalized spacial score (nSPS) is 13.0. The molecule has 36 heavy (non-hydrogen) atoms. The fourth-order valence-corrected chi connectivity index (χ4v) is 4.25. The van der Waals surface area contributed by atoms with Crippen LogP contribution in [0, 0.1) is 12.9 Å². The number of carbonyl (C=O) groups is 2. The van der Waals surface area contributed by atoms with Crippen molar-refractivity contribution >= 4 is 27.2 Å². The van der Waals surface area contributed by atoms with Crippen LogP contribution in [0.15, 0.2) is 63.9 Å². The van der Waals surface area contributed by atoms with Crippen molar-refractivity contribution in [3.05, 3.63) is 77.4 Å². The van der Waals surface area contributed by atoms with Gasteiger partial charge in [0.15, 0.2) is 0 Å². The van der Waals surface area contributed by atoms with Gasteiger partial charge >= 0.3 is 6.18 Å². The van der Waals surface area contributed by atoms with Crippen molar-refractivity contribution in [3.63, 3.8) is 0 Å². The monoisotopic (exact) mass is 524 g/mol. The Bertz CT molecular complexity index is 1450. The predicted molar refractivity (Wildman–Crippen MR) is 124 cm³/mol. The fourth-order valence-electron chi connectivity index (χ4n) is 3.01. The van der Waals surface area contributed by atoms with Crippen LogP contribution in [0.4, 0.5) is 23.2 Å². The van der Waals surface area contributed by atoms with Gasteiger partial charge in [0, 0.05) is 16.8 Å². The van der Waals surface area contributed by atoms with Gasteiger partial charge in [0.05, 0.1) is 33.1 Å². The minimum absolute atomic E-state index is 0.0522. The maximum absolute atomic E-state index is 13.3. The zero-order valence-corrected chi connectivity index (χ0v) is 19.7. The first kappa shape index (κ1) is 26.8. The van der Waals surface area contributed by atoms with Gasteiger partial charge in [-0.25, -0.2) is 9.19 Å². The molecule has 0 bridgehead atoms. The van der Waals surface area contributed by atoms with Crippen LogP contribution >= 0.6 is 0 Å². The Balaban J connectivity index is 1.99. The highest BCUT2D eigenvalue weighted by Crippen LogP contribution is 2.36. The molecule has 1 aromatic heterocycles. The molecule has 3 rings (SSSR count). The number of alkyl halides is 3. The lowest BCUT2D eigenvalue weighted by Gasteiger charge is -2.15. The van der Waals surface area contributed by atoms with Gasteiger partial charge in [0.25, 0.3) is 11.8 Å². The van der Waals surface area contributed by atoms with Gasteiger partial charge in [0.1, 0.15) is 11.5 Å². The van der Waals surface area contributed by atoms with Crippen molar-refractivity contribution in [3.8, 4) is 11.5 Å². The molecule has 0 saturated carbocycles. The second-order valence-electron chi connectivity index (χ2n) is 7.50. The number of rotatable bonds is 6. The van der Waals surface area contributed by atoms with Gasteiger partial charge in [-0.3, -0.25) is 9.59 Å². The smallest absolute Gasteiger partial charge is 0.416 e. The molecule has 8 nitrogen and oxygen atoms in total. The largest absolute Gasteiger partial charge is 0.455 e. The summed E-state index contributed by atoms with van der Waals surface area (Å²) in [6, 6.07) is 10.1. The van der Waals surface area contributed by atoms with Crippen LogP contribution in [0.1, 0.15) is 21.6 Å². The number of aromatic nitrogens is 1. The number of aryl methyl sites for hydroxylation is 1. The topological polar surface area (TPSA) is 124 Å². The van der Waals surface area contributed by atoms with Crippen LogP contribution < -0.4 is 15.8 Å². The lowest BCUT2D eigenvalue weighted by atomic mass is 10.1. The first-order valence-electron chi connectivity index (χ1n) is 10.2. The number of ether oxygens (including phenoxy) is 1. The lowest BCUT2D eigenvalue weighted by molar-refractivity contribution is -0.137. The average molecular weight is 524 g/mol. The molecular formula is C23H20F4N4O4S. The maximum atomic E-state index is 13.3. The van der Waals surface area contributed by atoms with Crippen molar-refractivity contribution in [1.29, 1.82) is 0 Å². The van der Waals surface area contributed by atoms with E-state index in [1.54, 1.807) is 0 Å². The summed E-state index contributed by atoms with van der Waals surface area (Å²) in [7, 11) is -3.17.